The smallest absolute Gasteiger partial charge is 0.126 e. The molecule has 0 saturated carbocycles. The molecular weight excluding hydrogens is 215 g/mol. The summed E-state index contributed by atoms with van der Waals surface area (Å²) in [4.78, 5) is 2.35. The summed E-state index contributed by atoms with van der Waals surface area (Å²) in [7, 11) is 0. The van der Waals surface area contributed by atoms with E-state index in [1.165, 1.54) is 12.8 Å². The van der Waals surface area contributed by atoms with Gasteiger partial charge in [0.1, 0.15) is 5.82 Å². The molecule has 0 radical (unpaired) electrons. The molecular formula is C14H21FN2. The van der Waals surface area contributed by atoms with E-state index in [-0.39, 0.29) is 11.9 Å². The van der Waals surface area contributed by atoms with Crippen molar-refractivity contribution >= 4 is 5.69 Å². The van der Waals surface area contributed by atoms with Crippen molar-refractivity contribution in [1.82, 2.24) is 0 Å². The summed E-state index contributed by atoms with van der Waals surface area (Å²) in [6.45, 7) is 6.99. The second-order valence-corrected chi connectivity index (χ2v) is 5.13. The molecule has 1 aliphatic heterocycles. The predicted octanol–water partition coefficient (Wildman–Crippen LogP) is 3.14. The molecule has 2 nitrogen and oxygen atoms in total. The van der Waals surface area contributed by atoms with Crippen LogP contribution in [-0.2, 0) is 0 Å². The standard InChI is InChI=1S/C14H21FN2/c1-9-7-14(17-6-4-5-10(17)2)12(11(3)16)8-13(9)15/h7-8,10-11H,4-6,16H2,1-3H3/t10?,11-/m0/s1. The van der Waals surface area contributed by atoms with Crippen LogP contribution in [0.25, 0.3) is 0 Å². The lowest BCUT2D eigenvalue weighted by molar-refractivity contribution is 0.611. The fraction of sp³-hybridized carbons (Fsp3) is 0.571. The molecule has 2 rings (SSSR count). The van der Waals surface area contributed by atoms with Crippen LogP contribution in [0.3, 0.4) is 0 Å². The fourth-order valence-corrected chi connectivity index (χ4v) is 2.59. The number of rotatable bonds is 2. The highest BCUT2D eigenvalue weighted by Gasteiger charge is 2.24. The molecule has 2 atom stereocenters. The zero-order valence-corrected chi connectivity index (χ0v) is 10.8. The lowest BCUT2D eigenvalue weighted by Gasteiger charge is -2.28. The third-order valence-corrected chi connectivity index (χ3v) is 3.66. The van der Waals surface area contributed by atoms with Crippen molar-refractivity contribution in [3.05, 3.63) is 29.1 Å². The SMILES string of the molecule is Cc1cc(N2CCCC2C)c([C@H](C)N)cc1F. The average Bonchev–Trinajstić information content (AvgIpc) is 2.67. The summed E-state index contributed by atoms with van der Waals surface area (Å²) in [5, 5.41) is 0. The lowest BCUT2D eigenvalue weighted by Crippen LogP contribution is -2.28. The molecule has 0 aliphatic carbocycles. The molecule has 94 valence electrons. The number of nitrogens with two attached hydrogens (primary N) is 1. The summed E-state index contributed by atoms with van der Waals surface area (Å²) in [6, 6.07) is 3.93. The topological polar surface area (TPSA) is 29.3 Å². The Morgan fingerprint density at radius 3 is 2.71 bits per heavy atom. The highest BCUT2D eigenvalue weighted by Crippen LogP contribution is 2.33. The van der Waals surface area contributed by atoms with E-state index in [0.717, 1.165) is 17.8 Å². The molecule has 0 bridgehead atoms. The molecule has 0 spiro atoms. The first-order chi connectivity index (χ1) is 8.00. The van der Waals surface area contributed by atoms with Gasteiger partial charge in [-0.3, -0.25) is 0 Å². The van der Waals surface area contributed by atoms with E-state index in [1.807, 2.05) is 19.9 Å². The van der Waals surface area contributed by atoms with E-state index in [0.29, 0.717) is 11.6 Å². The van der Waals surface area contributed by atoms with Gasteiger partial charge in [0.15, 0.2) is 0 Å². The Bertz CT molecular complexity index is 415. The van der Waals surface area contributed by atoms with E-state index in [4.69, 9.17) is 5.73 Å². The third-order valence-electron chi connectivity index (χ3n) is 3.66. The van der Waals surface area contributed by atoms with Gasteiger partial charge in [-0.2, -0.15) is 0 Å². The second-order valence-electron chi connectivity index (χ2n) is 5.13. The van der Waals surface area contributed by atoms with Crippen molar-refractivity contribution in [3.8, 4) is 0 Å². The second kappa shape index (κ2) is 4.65. The molecule has 1 aromatic carbocycles. The van der Waals surface area contributed by atoms with Crippen LogP contribution >= 0.6 is 0 Å². The Labute approximate surface area is 103 Å². The Kier molecular flexibility index (Phi) is 3.38. The van der Waals surface area contributed by atoms with Gasteiger partial charge < -0.3 is 10.6 Å². The first-order valence-corrected chi connectivity index (χ1v) is 6.33. The molecule has 1 aliphatic rings. The zero-order valence-electron chi connectivity index (χ0n) is 10.8. The summed E-state index contributed by atoms with van der Waals surface area (Å²) in [5.74, 6) is -0.159. The minimum atomic E-state index is -0.159. The van der Waals surface area contributed by atoms with Gasteiger partial charge in [0.05, 0.1) is 0 Å². The van der Waals surface area contributed by atoms with Crippen molar-refractivity contribution in [2.45, 2.75) is 45.7 Å². The molecule has 1 heterocycles. The maximum Gasteiger partial charge on any atom is 0.126 e. The monoisotopic (exact) mass is 236 g/mol. The number of hydrogen-bond acceptors (Lipinski definition) is 2. The van der Waals surface area contributed by atoms with Crippen LogP contribution < -0.4 is 10.6 Å². The van der Waals surface area contributed by atoms with Crippen LogP contribution in [-0.4, -0.2) is 12.6 Å². The van der Waals surface area contributed by atoms with E-state index in [1.54, 1.807) is 6.07 Å². The van der Waals surface area contributed by atoms with Gasteiger partial charge in [-0.25, -0.2) is 4.39 Å². The van der Waals surface area contributed by atoms with Crippen molar-refractivity contribution in [2.75, 3.05) is 11.4 Å². The van der Waals surface area contributed by atoms with Gasteiger partial charge >= 0.3 is 0 Å². The minimum absolute atomic E-state index is 0.132. The summed E-state index contributed by atoms with van der Waals surface area (Å²) >= 11 is 0. The lowest BCUT2D eigenvalue weighted by atomic mass is 10.0. The Morgan fingerprint density at radius 1 is 1.47 bits per heavy atom. The average molecular weight is 236 g/mol. The normalized spacial score (nSPS) is 21.9. The Balaban J connectivity index is 2.47. The molecule has 3 heteroatoms. The van der Waals surface area contributed by atoms with Gasteiger partial charge in [-0.1, -0.05) is 0 Å². The maximum absolute atomic E-state index is 13.6. The predicted molar refractivity (Wildman–Crippen MR) is 69.8 cm³/mol. The van der Waals surface area contributed by atoms with Gasteiger partial charge in [-0.15, -0.1) is 0 Å². The van der Waals surface area contributed by atoms with Gasteiger partial charge in [0.25, 0.3) is 0 Å². The van der Waals surface area contributed by atoms with Crippen LogP contribution in [0.2, 0.25) is 0 Å². The van der Waals surface area contributed by atoms with E-state index < -0.39 is 0 Å². The molecule has 1 unspecified atom stereocenters. The largest absolute Gasteiger partial charge is 0.369 e. The first-order valence-electron chi connectivity index (χ1n) is 6.33. The van der Waals surface area contributed by atoms with Gasteiger partial charge in [-0.05, 0) is 56.9 Å². The molecule has 1 fully saturated rings. The van der Waals surface area contributed by atoms with Crippen LogP contribution in [0.4, 0.5) is 10.1 Å². The summed E-state index contributed by atoms with van der Waals surface area (Å²) in [5.41, 5.74) is 8.68. The van der Waals surface area contributed by atoms with Crippen molar-refractivity contribution < 1.29 is 4.39 Å². The van der Waals surface area contributed by atoms with Crippen molar-refractivity contribution in [2.24, 2.45) is 5.73 Å². The fourth-order valence-electron chi connectivity index (χ4n) is 2.59. The van der Waals surface area contributed by atoms with Crippen LogP contribution in [0.5, 0.6) is 0 Å². The first kappa shape index (κ1) is 12.4. The highest BCUT2D eigenvalue weighted by atomic mass is 19.1. The summed E-state index contributed by atoms with van der Waals surface area (Å²) in [6.07, 6.45) is 2.41. The van der Waals surface area contributed by atoms with E-state index >= 15 is 0 Å². The molecule has 0 aromatic heterocycles. The highest BCUT2D eigenvalue weighted by molar-refractivity contribution is 5.58. The molecule has 1 aromatic rings. The van der Waals surface area contributed by atoms with Gasteiger partial charge in [0.2, 0.25) is 0 Å². The number of nitrogens with zero attached hydrogens (tertiary/aromatic N) is 1. The molecule has 2 N–H and O–H groups in total. The zero-order chi connectivity index (χ0) is 12.6. The van der Waals surface area contributed by atoms with Crippen LogP contribution in [0.1, 0.15) is 43.9 Å². The number of benzene rings is 1. The number of halogens is 1. The Morgan fingerprint density at radius 2 is 2.18 bits per heavy atom. The molecule has 17 heavy (non-hydrogen) atoms. The minimum Gasteiger partial charge on any atom is -0.369 e. The van der Waals surface area contributed by atoms with Crippen molar-refractivity contribution in [1.29, 1.82) is 0 Å². The number of anilines is 1. The number of aryl methyl sites for hydroxylation is 1. The van der Waals surface area contributed by atoms with Crippen LogP contribution in [0.15, 0.2) is 12.1 Å². The molecule has 0 amide bonds. The maximum atomic E-state index is 13.6. The van der Waals surface area contributed by atoms with Crippen molar-refractivity contribution in [3.63, 3.8) is 0 Å². The van der Waals surface area contributed by atoms with E-state index in [9.17, 15) is 4.39 Å². The van der Waals surface area contributed by atoms with E-state index in [2.05, 4.69) is 11.8 Å². The van der Waals surface area contributed by atoms with Crippen LogP contribution in [0, 0.1) is 12.7 Å². The third kappa shape index (κ3) is 2.29. The quantitative estimate of drug-likeness (QED) is 0.854. The number of hydrogen-bond donors (Lipinski definition) is 1. The van der Waals surface area contributed by atoms with Gasteiger partial charge in [0, 0.05) is 24.3 Å². The summed E-state index contributed by atoms with van der Waals surface area (Å²) < 4.78 is 13.6. The molecule has 1 saturated heterocycles. The Hall–Kier alpha value is -1.09.